The number of methoxy groups -OCH3 is 1. The number of nitrogens with two attached hydrogens (primary N) is 1. The lowest BCUT2D eigenvalue weighted by Gasteiger charge is -2.37. The quantitative estimate of drug-likeness (QED) is 0.582. The van der Waals surface area contributed by atoms with Crippen molar-refractivity contribution in [2.45, 2.75) is 4.90 Å². The van der Waals surface area contributed by atoms with E-state index >= 15 is 0 Å². The van der Waals surface area contributed by atoms with Crippen LogP contribution in [0.25, 0.3) is 0 Å². The van der Waals surface area contributed by atoms with Crippen LogP contribution in [0.1, 0.15) is 10.4 Å². The number of aliphatic hydroxyl groups excluding tert-OH is 1. The van der Waals surface area contributed by atoms with Crippen LogP contribution >= 0.6 is 0 Å². The highest BCUT2D eigenvalue weighted by molar-refractivity contribution is 7.89. The Bertz CT molecular complexity index is 623. The molecule has 1 aromatic carbocycles. The van der Waals surface area contributed by atoms with Gasteiger partial charge in [-0.2, -0.15) is 4.31 Å². The predicted molar refractivity (Wildman–Crippen MR) is 71.5 cm³/mol. The lowest BCUT2D eigenvalue weighted by Crippen LogP contribution is -2.51. The number of anilines is 1. The number of aliphatic hydroxyl groups is 1. The van der Waals surface area contributed by atoms with E-state index in [-0.39, 0.29) is 41.8 Å². The van der Waals surface area contributed by atoms with Crippen LogP contribution < -0.4 is 5.73 Å². The lowest BCUT2D eigenvalue weighted by molar-refractivity contribution is 0.0595. The Morgan fingerprint density at radius 1 is 1.50 bits per heavy atom. The summed E-state index contributed by atoms with van der Waals surface area (Å²) in [6, 6.07) is 3.99. The molecule has 0 radical (unpaired) electrons. The molecule has 8 heteroatoms. The molecule has 3 N–H and O–H groups in total. The van der Waals surface area contributed by atoms with Crippen LogP contribution in [0.5, 0.6) is 0 Å². The highest BCUT2D eigenvalue weighted by Crippen LogP contribution is 2.28. The van der Waals surface area contributed by atoms with E-state index in [9.17, 15) is 13.2 Å². The summed E-state index contributed by atoms with van der Waals surface area (Å²) in [7, 11) is -2.61. The second-order valence-corrected chi connectivity index (χ2v) is 6.52. The number of nitrogen functional groups attached to an aromatic ring is 1. The minimum atomic E-state index is -3.78. The summed E-state index contributed by atoms with van der Waals surface area (Å²) in [4.78, 5) is 11.6. The molecule has 7 nitrogen and oxygen atoms in total. The maximum Gasteiger partial charge on any atom is 0.339 e. The minimum absolute atomic E-state index is 0.0554. The van der Waals surface area contributed by atoms with Crippen molar-refractivity contribution < 1.29 is 23.1 Å². The smallest absolute Gasteiger partial charge is 0.339 e. The number of benzene rings is 1. The lowest BCUT2D eigenvalue weighted by atomic mass is 10.1. The normalized spacial score (nSPS) is 16.7. The van der Waals surface area contributed by atoms with E-state index in [1.807, 2.05) is 0 Å². The van der Waals surface area contributed by atoms with Gasteiger partial charge in [-0.25, -0.2) is 13.2 Å². The van der Waals surface area contributed by atoms with E-state index in [2.05, 4.69) is 4.74 Å². The fourth-order valence-electron chi connectivity index (χ4n) is 2.02. The van der Waals surface area contributed by atoms with E-state index in [1.165, 1.54) is 29.6 Å². The number of hydrogen-bond donors (Lipinski definition) is 2. The van der Waals surface area contributed by atoms with E-state index in [0.717, 1.165) is 0 Å². The molecule has 0 unspecified atom stereocenters. The second-order valence-electron chi connectivity index (χ2n) is 4.62. The van der Waals surface area contributed by atoms with Crippen molar-refractivity contribution in [2.75, 3.05) is 32.5 Å². The molecule has 110 valence electrons. The summed E-state index contributed by atoms with van der Waals surface area (Å²) >= 11 is 0. The largest absolute Gasteiger partial charge is 0.465 e. The molecule has 1 aliphatic rings. The van der Waals surface area contributed by atoms with Crippen LogP contribution in [0, 0.1) is 5.92 Å². The Kier molecular flexibility index (Phi) is 3.98. The standard InChI is InChI=1S/C12H16N2O5S/c1-19-12(16)10-4-9(13)2-3-11(10)20(17,18)14-5-8(6-14)7-15/h2-4,8,15H,5-7,13H2,1H3. The van der Waals surface area contributed by atoms with Gasteiger partial charge in [0.1, 0.15) is 0 Å². The first-order chi connectivity index (χ1) is 9.40. The van der Waals surface area contributed by atoms with Gasteiger partial charge in [0, 0.05) is 31.3 Å². The summed E-state index contributed by atoms with van der Waals surface area (Å²) in [6.45, 7) is 0.422. The number of sulfonamides is 1. The fraction of sp³-hybridized carbons (Fsp3) is 0.417. The molecule has 0 aliphatic carbocycles. The van der Waals surface area contributed by atoms with Crippen molar-refractivity contribution in [3.63, 3.8) is 0 Å². The van der Waals surface area contributed by atoms with Gasteiger partial charge in [-0.1, -0.05) is 0 Å². The fourth-order valence-corrected chi connectivity index (χ4v) is 3.77. The molecular weight excluding hydrogens is 284 g/mol. The third kappa shape index (κ3) is 2.49. The molecule has 20 heavy (non-hydrogen) atoms. The molecule has 1 saturated heterocycles. The summed E-state index contributed by atoms with van der Waals surface area (Å²) in [5, 5.41) is 8.95. The number of nitrogens with zero attached hydrogens (tertiary/aromatic N) is 1. The highest BCUT2D eigenvalue weighted by atomic mass is 32.2. The second kappa shape index (κ2) is 5.39. The summed E-state index contributed by atoms with van der Waals surface area (Å²) in [6.07, 6.45) is 0. The van der Waals surface area contributed by atoms with Crippen LogP contribution in [-0.2, 0) is 14.8 Å². The Balaban J connectivity index is 2.39. The van der Waals surface area contributed by atoms with Gasteiger partial charge in [-0.3, -0.25) is 0 Å². The molecule has 0 saturated carbocycles. The Morgan fingerprint density at radius 2 is 2.15 bits per heavy atom. The van der Waals surface area contributed by atoms with Crippen molar-refractivity contribution in [2.24, 2.45) is 5.92 Å². The average Bonchev–Trinajstić information content (AvgIpc) is 2.35. The molecular formula is C12H16N2O5S. The van der Waals surface area contributed by atoms with Crippen molar-refractivity contribution >= 4 is 21.7 Å². The molecule has 0 spiro atoms. The zero-order valence-electron chi connectivity index (χ0n) is 10.9. The Labute approximate surface area is 117 Å². The number of carbonyl (C=O) groups is 1. The maximum absolute atomic E-state index is 12.4. The van der Waals surface area contributed by atoms with Crippen LogP contribution in [0.15, 0.2) is 23.1 Å². The van der Waals surface area contributed by atoms with Gasteiger partial charge in [-0.15, -0.1) is 0 Å². The monoisotopic (exact) mass is 300 g/mol. The van der Waals surface area contributed by atoms with Gasteiger partial charge in [0.25, 0.3) is 0 Å². The first-order valence-electron chi connectivity index (χ1n) is 5.99. The van der Waals surface area contributed by atoms with Gasteiger partial charge in [0.15, 0.2) is 0 Å². The van der Waals surface area contributed by atoms with E-state index < -0.39 is 16.0 Å². The summed E-state index contributed by atoms with van der Waals surface area (Å²) in [5.74, 6) is -0.810. The topological polar surface area (TPSA) is 110 Å². The van der Waals surface area contributed by atoms with E-state index in [0.29, 0.717) is 0 Å². The predicted octanol–water partition coefficient (Wildman–Crippen LogP) is -0.332. The third-order valence-electron chi connectivity index (χ3n) is 3.21. The molecule has 0 aromatic heterocycles. The Morgan fingerprint density at radius 3 is 2.70 bits per heavy atom. The van der Waals surface area contributed by atoms with E-state index in [1.54, 1.807) is 0 Å². The number of ether oxygens (including phenoxy) is 1. The summed E-state index contributed by atoms with van der Waals surface area (Å²) < 4.78 is 30.6. The first kappa shape index (κ1) is 14.8. The Hall–Kier alpha value is -1.64. The van der Waals surface area contributed by atoms with Crippen LogP contribution in [0.2, 0.25) is 0 Å². The number of rotatable bonds is 4. The van der Waals surface area contributed by atoms with Gasteiger partial charge >= 0.3 is 5.97 Å². The first-order valence-corrected chi connectivity index (χ1v) is 7.43. The van der Waals surface area contributed by atoms with Gasteiger partial charge < -0.3 is 15.6 Å². The summed E-state index contributed by atoms with van der Waals surface area (Å²) in [5.41, 5.74) is 5.78. The minimum Gasteiger partial charge on any atom is -0.465 e. The van der Waals surface area contributed by atoms with Crippen molar-refractivity contribution in [3.05, 3.63) is 23.8 Å². The van der Waals surface area contributed by atoms with E-state index in [4.69, 9.17) is 10.8 Å². The zero-order valence-corrected chi connectivity index (χ0v) is 11.8. The molecule has 0 amide bonds. The van der Waals surface area contributed by atoms with Crippen LogP contribution in [0.3, 0.4) is 0 Å². The average molecular weight is 300 g/mol. The van der Waals surface area contributed by atoms with Crippen LogP contribution in [0.4, 0.5) is 5.69 Å². The van der Waals surface area contributed by atoms with Crippen LogP contribution in [-0.4, -0.2) is 50.6 Å². The number of esters is 1. The van der Waals surface area contributed by atoms with Gasteiger partial charge in [0.05, 0.1) is 17.6 Å². The maximum atomic E-state index is 12.4. The third-order valence-corrected chi connectivity index (χ3v) is 5.10. The molecule has 1 aliphatic heterocycles. The molecule has 2 rings (SSSR count). The van der Waals surface area contributed by atoms with Crippen molar-refractivity contribution in [3.8, 4) is 0 Å². The zero-order chi connectivity index (χ0) is 14.9. The van der Waals surface area contributed by atoms with Crippen molar-refractivity contribution in [1.82, 2.24) is 4.31 Å². The molecule has 0 bridgehead atoms. The molecule has 1 heterocycles. The SMILES string of the molecule is COC(=O)c1cc(N)ccc1S(=O)(=O)N1CC(CO)C1. The van der Waals surface area contributed by atoms with Gasteiger partial charge in [0.2, 0.25) is 10.0 Å². The number of hydrogen-bond acceptors (Lipinski definition) is 6. The molecule has 0 atom stereocenters. The van der Waals surface area contributed by atoms with Gasteiger partial charge in [-0.05, 0) is 18.2 Å². The highest BCUT2D eigenvalue weighted by Gasteiger charge is 2.38. The molecule has 1 aromatic rings. The van der Waals surface area contributed by atoms with Crippen molar-refractivity contribution in [1.29, 1.82) is 0 Å². The number of carbonyl (C=O) groups excluding carboxylic acids is 1. The molecule has 1 fully saturated rings.